The zero-order valence-corrected chi connectivity index (χ0v) is 13.2. The van der Waals surface area contributed by atoms with Gasteiger partial charge in [-0.2, -0.15) is 0 Å². The van der Waals surface area contributed by atoms with E-state index in [-0.39, 0.29) is 18.0 Å². The van der Waals surface area contributed by atoms with Crippen LogP contribution in [0.2, 0.25) is 0 Å². The summed E-state index contributed by atoms with van der Waals surface area (Å²) in [7, 11) is 1.90. The van der Waals surface area contributed by atoms with Crippen molar-refractivity contribution in [1.82, 2.24) is 10.2 Å². The number of carbonyl (C=O) groups is 1. The Labute approximate surface area is 129 Å². The van der Waals surface area contributed by atoms with Crippen molar-refractivity contribution in [1.29, 1.82) is 0 Å². The lowest BCUT2D eigenvalue weighted by atomic mass is 9.95. The fourth-order valence-corrected chi connectivity index (χ4v) is 3.61. The van der Waals surface area contributed by atoms with E-state index in [1.54, 1.807) is 11.3 Å². The number of amides is 1. The fraction of sp³-hybridized carbons (Fsp3) is 0.353. The van der Waals surface area contributed by atoms with Gasteiger partial charge < -0.3 is 10.2 Å². The number of likely N-dealkylation sites (N-methyl/N-ethyl adjacent to an activating group) is 1. The molecule has 1 N–H and O–H groups in total. The van der Waals surface area contributed by atoms with Crippen LogP contribution in [0.15, 0.2) is 41.8 Å². The lowest BCUT2D eigenvalue weighted by molar-refractivity contribution is -0.134. The summed E-state index contributed by atoms with van der Waals surface area (Å²) in [6.45, 7) is 2.86. The number of thiophene rings is 1. The second-order valence-corrected chi connectivity index (χ2v) is 6.53. The van der Waals surface area contributed by atoms with Crippen LogP contribution in [0.3, 0.4) is 0 Å². The van der Waals surface area contributed by atoms with Gasteiger partial charge in [-0.15, -0.1) is 11.3 Å². The molecule has 1 aliphatic heterocycles. The third-order valence-electron chi connectivity index (χ3n) is 4.26. The summed E-state index contributed by atoms with van der Waals surface area (Å²) in [6.07, 6.45) is 0.774. The van der Waals surface area contributed by atoms with Gasteiger partial charge in [0, 0.05) is 18.5 Å². The summed E-state index contributed by atoms with van der Waals surface area (Å²) in [5, 5.41) is 5.42. The van der Waals surface area contributed by atoms with Crippen LogP contribution in [0.5, 0.6) is 0 Å². The molecule has 1 aliphatic rings. The van der Waals surface area contributed by atoms with E-state index in [9.17, 15) is 4.79 Å². The molecule has 2 atom stereocenters. The summed E-state index contributed by atoms with van der Waals surface area (Å²) in [5.41, 5.74) is 2.59. The molecular weight excluding hydrogens is 280 g/mol. The van der Waals surface area contributed by atoms with Gasteiger partial charge in [0.1, 0.15) is 0 Å². The zero-order chi connectivity index (χ0) is 14.8. The summed E-state index contributed by atoms with van der Waals surface area (Å²) < 4.78 is 0. The van der Waals surface area contributed by atoms with E-state index in [1.165, 1.54) is 16.0 Å². The van der Waals surface area contributed by atoms with Crippen molar-refractivity contribution in [3.63, 3.8) is 0 Å². The van der Waals surface area contributed by atoms with Gasteiger partial charge in [0.05, 0.1) is 12.1 Å². The molecule has 2 unspecified atom stereocenters. The molecule has 21 heavy (non-hydrogen) atoms. The van der Waals surface area contributed by atoms with Crippen LogP contribution < -0.4 is 5.32 Å². The van der Waals surface area contributed by atoms with Crippen LogP contribution in [-0.4, -0.2) is 23.9 Å². The monoisotopic (exact) mass is 300 g/mol. The van der Waals surface area contributed by atoms with Crippen molar-refractivity contribution in [2.24, 2.45) is 0 Å². The molecule has 0 bridgehead atoms. The van der Waals surface area contributed by atoms with Gasteiger partial charge in [-0.05, 0) is 35.9 Å². The summed E-state index contributed by atoms with van der Waals surface area (Å²) >= 11 is 1.70. The molecule has 1 amide bonds. The van der Waals surface area contributed by atoms with E-state index in [1.807, 2.05) is 30.1 Å². The maximum Gasteiger partial charge on any atom is 0.240 e. The second kappa shape index (κ2) is 6.00. The average Bonchev–Trinajstić information content (AvgIpc) is 3.06. The molecule has 3 rings (SSSR count). The first-order valence-electron chi connectivity index (χ1n) is 7.27. The Hall–Kier alpha value is -1.65. The first-order valence-corrected chi connectivity index (χ1v) is 8.15. The van der Waals surface area contributed by atoms with E-state index in [4.69, 9.17) is 0 Å². The number of nitrogens with zero attached hydrogens (tertiary/aromatic N) is 1. The SMILES string of the molecule is CC(c1cccs1)N(C)C(=O)C1Cc2ccccc2CN1. The smallest absolute Gasteiger partial charge is 0.240 e. The van der Waals surface area contributed by atoms with E-state index in [0.717, 1.165) is 13.0 Å². The van der Waals surface area contributed by atoms with Crippen LogP contribution >= 0.6 is 11.3 Å². The highest BCUT2D eigenvalue weighted by molar-refractivity contribution is 7.10. The number of rotatable bonds is 3. The van der Waals surface area contributed by atoms with Crippen LogP contribution in [0.25, 0.3) is 0 Å². The number of hydrogen-bond acceptors (Lipinski definition) is 3. The first-order chi connectivity index (χ1) is 10.2. The van der Waals surface area contributed by atoms with Crippen LogP contribution in [-0.2, 0) is 17.8 Å². The van der Waals surface area contributed by atoms with E-state index < -0.39 is 0 Å². The van der Waals surface area contributed by atoms with Crippen molar-refractivity contribution < 1.29 is 4.79 Å². The molecule has 0 radical (unpaired) electrons. The standard InChI is InChI=1S/C17H20N2OS/c1-12(16-8-5-9-21-16)19(2)17(20)15-10-13-6-3-4-7-14(13)11-18-15/h3-9,12,15,18H,10-11H2,1-2H3. The maximum absolute atomic E-state index is 12.7. The molecule has 0 fully saturated rings. The highest BCUT2D eigenvalue weighted by atomic mass is 32.1. The topological polar surface area (TPSA) is 32.3 Å². The van der Waals surface area contributed by atoms with E-state index in [2.05, 4.69) is 35.8 Å². The molecule has 4 heteroatoms. The number of hydrogen-bond donors (Lipinski definition) is 1. The van der Waals surface area contributed by atoms with Crippen molar-refractivity contribution >= 4 is 17.2 Å². The molecule has 0 saturated heterocycles. The maximum atomic E-state index is 12.7. The fourth-order valence-electron chi connectivity index (χ4n) is 2.79. The third-order valence-corrected chi connectivity index (χ3v) is 5.31. The molecule has 0 spiro atoms. The number of nitrogens with one attached hydrogen (secondary N) is 1. The Morgan fingerprint density at radius 1 is 1.29 bits per heavy atom. The van der Waals surface area contributed by atoms with Gasteiger partial charge in [-0.1, -0.05) is 30.3 Å². The Bertz CT molecular complexity index is 623. The van der Waals surface area contributed by atoms with Gasteiger partial charge in [0.2, 0.25) is 5.91 Å². The van der Waals surface area contributed by atoms with Crippen LogP contribution in [0.1, 0.15) is 29.0 Å². The Morgan fingerprint density at radius 3 is 2.76 bits per heavy atom. The highest BCUT2D eigenvalue weighted by Crippen LogP contribution is 2.25. The molecule has 1 aromatic carbocycles. The van der Waals surface area contributed by atoms with Crippen molar-refractivity contribution in [2.45, 2.75) is 32.0 Å². The molecule has 0 saturated carbocycles. The van der Waals surface area contributed by atoms with Crippen molar-refractivity contribution in [3.8, 4) is 0 Å². The van der Waals surface area contributed by atoms with E-state index >= 15 is 0 Å². The van der Waals surface area contributed by atoms with Crippen LogP contribution in [0.4, 0.5) is 0 Å². The minimum Gasteiger partial charge on any atom is -0.337 e. The minimum absolute atomic E-state index is 0.118. The Balaban J connectivity index is 1.71. The average molecular weight is 300 g/mol. The van der Waals surface area contributed by atoms with Gasteiger partial charge in [0.25, 0.3) is 0 Å². The minimum atomic E-state index is -0.118. The molecule has 110 valence electrons. The predicted molar refractivity (Wildman–Crippen MR) is 86.3 cm³/mol. The summed E-state index contributed by atoms with van der Waals surface area (Å²) in [6, 6.07) is 12.5. The molecule has 2 aromatic rings. The van der Waals surface area contributed by atoms with E-state index in [0.29, 0.717) is 0 Å². The Morgan fingerprint density at radius 2 is 2.05 bits per heavy atom. The summed E-state index contributed by atoms with van der Waals surface area (Å²) in [4.78, 5) is 15.8. The molecular formula is C17H20N2OS. The van der Waals surface area contributed by atoms with Gasteiger partial charge in [-0.3, -0.25) is 4.79 Å². The van der Waals surface area contributed by atoms with Crippen molar-refractivity contribution in [2.75, 3.05) is 7.05 Å². The largest absolute Gasteiger partial charge is 0.337 e. The third kappa shape index (κ3) is 2.87. The number of carbonyl (C=O) groups excluding carboxylic acids is 1. The number of fused-ring (bicyclic) bond motifs is 1. The molecule has 2 heterocycles. The van der Waals surface area contributed by atoms with Gasteiger partial charge >= 0.3 is 0 Å². The Kier molecular flexibility index (Phi) is 4.08. The quantitative estimate of drug-likeness (QED) is 0.945. The van der Waals surface area contributed by atoms with Gasteiger partial charge in [0.15, 0.2) is 0 Å². The lowest BCUT2D eigenvalue weighted by Gasteiger charge is -2.31. The zero-order valence-electron chi connectivity index (χ0n) is 12.4. The molecule has 3 nitrogen and oxygen atoms in total. The predicted octanol–water partition coefficient (Wildman–Crippen LogP) is 2.98. The van der Waals surface area contributed by atoms with Crippen LogP contribution in [0, 0.1) is 0 Å². The lowest BCUT2D eigenvalue weighted by Crippen LogP contribution is -2.48. The highest BCUT2D eigenvalue weighted by Gasteiger charge is 2.28. The van der Waals surface area contributed by atoms with Gasteiger partial charge in [-0.25, -0.2) is 0 Å². The molecule has 1 aromatic heterocycles. The van der Waals surface area contributed by atoms with Crippen molar-refractivity contribution in [3.05, 3.63) is 57.8 Å². The number of benzene rings is 1. The summed E-state index contributed by atoms with van der Waals surface area (Å²) in [5.74, 6) is 0.172. The normalized spacial score (nSPS) is 18.9. The molecule has 0 aliphatic carbocycles. The first kappa shape index (κ1) is 14.3. The second-order valence-electron chi connectivity index (χ2n) is 5.55.